The lowest BCUT2D eigenvalue weighted by molar-refractivity contribution is 0.171. The zero-order valence-corrected chi connectivity index (χ0v) is 12.1. The monoisotopic (exact) mass is 285 g/mol. The first-order chi connectivity index (χ1) is 10.3. The smallest absolute Gasteiger partial charge is 0.162 e. The molecule has 1 fully saturated rings. The number of nitrogen functional groups attached to an aromatic ring is 1. The van der Waals surface area contributed by atoms with Crippen LogP contribution in [0.5, 0.6) is 11.5 Å². The summed E-state index contributed by atoms with van der Waals surface area (Å²) in [4.78, 5) is 4.80. The summed E-state index contributed by atoms with van der Waals surface area (Å²) in [5, 5.41) is 0. The van der Waals surface area contributed by atoms with Gasteiger partial charge in [0.25, 0.3) is 0 Å². The maximum Gasteiger partial charge on any atom is 0.162 e. The molecule has 0 amide bonds. The van der Waals surface area contributed by atoms with Crippen LogP contribution in [0, 0.1) is 0 Å². The second-order valence-corrected chi connectivity index (χ2v) is 5.58. The van der Waals surface area contributed by atoms with Crippen molar-refractivity contribution in [1.82, 2.24) is 9.55 Å². The van der Waals surface area contributed by atoms with Crippen LogP contribution >= 0.6 is 0 Å². The van der Waals surface area contributed by atoms with Crippen LogP contribution in [-0.4, -0.2) is 22.8 Å². The van der Waals surface area contributed by atoms with E-state index in [9.17, 15) is 0 Å². The molecule has 4 rings (SSSR count). The summed E-state index contributed by atoms with van der Waals surface area (Å²) < 4.78 is 13.3. The first-order valence-corrected chi connectivity index (χ1v) is 7.54. The van der Waals surface area contributed by atoms with Gasteiger partial charge in [0.05, 0.1) is 0 Å². The van der Waals surface area contributed by atoms with E-state index in [2.05, 4.69) is 11.5 Å². The fraction of sp³-hybridized carbons (Fsp3) is 0.438. The summed E-state index contributed by atoms with van der Waals surface area (Å²) in [5.74, 6) is 4.02. The number of hydrogen-bond acceptors (Lipinski definition) is 4. The van der Waals surface area contributed by atoms with Crippen LogP contribution in [0.1, 0.15) is 31.5 Å². The van der Waals surface area contributed by atoms with Gasteiger partial charge in [-0.25, -0.2) is 4.98 Å². The van der Waals surface area contributed by atoms with Crippen molar-refractivity contribution < 1.29 is 9.47 Å². The molecule has 1 aliphatic heterocycles. The van der Waals surface area contributed by atoms with Gasteiger partial charge in [0.15, 0.2) is 11.5 Å². The van der Waals surface area contributed by atoms with E-state index in [0.29, 0.717) is 19.1 Å². The molecule has 2 heterocycles. The quantitative estimate of drug-likeness (QED) is 0.942. The van der Waals surface area contributed by atoms with E-state index >= 15 is 0 Å². The van der Waals surface area contributed by atoms with Crippen molar-refractivity contribution in [2.45, 2.75) is 32.2 Å². The third kappa shape index (κ3) is 2.04. The highest BCUT2D eigenvalue weighted by Gasteiger charge is 2.30. The molecule has 110 valence electrons. The maximum atomic E-state index is 6.32. The predicted molar refractivity (Wildman–Crippen MR) is 80.7 cm³/mol. The molecule has 0 radical (unpaired) electrons. The van der Waals surface area contributed by atoms with E-state index in [0.717, 1.165) is 40.9 Å². The Balaban J connectivity index is 1.79. The number of fused-ring (bicyclic) bond motifs is 1. The number of hydrogen-bond donors (Lipinski definition) is 1. The molecule has 2 aromatic rings. The molecule has 0 atom stereocenters. The molecule has 1 saturated carbocycles. The van der Waals surface area contributed by atoms with Gasteiger partial charge in [-0.1, -0.05) is 0 Å². The zero-order valence-electron chi connectivity index (χ0n) is 12.1. The van der Waals surface area contributed by atoms with Gasteiger partial charge in [-0.05, 0) is 38.0 Å². The summed E-state index contributed by atoms with van der Waals surface area (Å²) >= 11 is 0. The van der Waals surface area contributed by atoms with Gasteiger partial charge in [0.2, 0.25) is 0 Å². The minimum atomic E-state index is 0.582. The second-order valence-electron chi connectivity index (χ2n) is 5.58. The summed E-state index contributed by atoms with van der Waals surface area (Å²) in [7, 11) is 0. The van der Waals surface area contributed by atoms with Crippen molar-refractivity contribution in [3.63, 3.8) is 0 Å². The van der Waals surface area contributed by atoms with Crippen LogP contribution in [0.4, 0.5) is 5.82 Å². The van der Waals surface area contributed by atoms with Gasteiger partial charge in [-0.2, -0.15) is 0 Å². The van der Waals surface area contributed by atoms with Gasteiger partial charge in [0, 0.05) is 18.0 Å². The molecule has 0 bridgehead atoms. The fourth-order valence-electron chi connectivity index (χ4n) is 2.87. The Kier molecular flexibility index (Phi) is 2.80. The van der Waals surface area contributed by atoms with Crippen molar-refractivity contribution in [3.8, 4) is 22.8 Å². The van der Waals surface area contributed by atoms with Gasteiger partial charge in [-0.3, -0.25) is 0 Å². The number of anilines is 1. The minimum Gasteiger partial charge on any atom is -0.486 e. The van der Waals surface area contributed by atoms with Gasteiger partial charge in [0.1, 0.15) is 30.5 Å². The number of nitrogens with zero attached hydrogens (tertiary/aromatic N) is 2. The molecule has 2 aliphatic rings. The Morgan fingerprint density at radius 2 is 2.00 bits per heavy atom. The lowest BCUT2D eigenvalue weighted by Crippen LogP contribution is -2.15. The highest BCUT2D eigenvalue weighted by Crippen LogP contribution is 2.43. The number of rotatable bonds is 3. The molecule has 21 heavy (non-hydrogen) atoms. The van der Waals surface area contributed by atoms with Crippen molar-refractivity contribution in [2.24, 2.45) is 0 Å². The number of benzene rings is 1. The molecular formula is C16H19N3O2. The molecule has 0 saturated heterocycles. The van der Waals surface area contributed by atoms with Crippen LogP contribution in [0.3, 0.4) is 0 Å². The normalized spacial score (nSPS) is 17.0. The van der Waals surface area contributed by atoms with Crippen molar-refractivity contribution in [2.75, 3.05) is 18.9 Å². The Labute approximate surface area is 123 Å². The second kappa shape index (κ2) is 4.69. The highest BCUT2D eigenvalue weighted by molar-refractivity contribution is 5.73. The van der Waals surface area contributed by atoms with Crippen LogP contribution in [0.15, 0.2) is 18.2 Å². The Morgan fingerprint density at radius 1 is 1.24 bits per heavy atom. The van der Waals surface area contributed by atoms with Gasteiger partial charge in [-0.15, -0.1) is 0 Å². The first kappa shape index (κ1) is 12.6. The molecule has 5 heteroatoms. The lowest BCUT2D eigenvalue weighted by Gasteiger charge is -2.18. The van der Waals surface area contributed by atoms with E-state index in [1.54, 1.807) is 0 Å². The average molecular weight is 285 g/mol. The zero-order chi connectivity index (χ0) is 14.4. The highest BCUT2D eigenvalue weighted by atomic mass is 16.6. The molecule has 5 nitrogen and oxygen atoms in total. The predicted octanol–water partition coefficient (Wildman–Crippen LogP) is 2.80. The van der Waals surface area contributed by atoms with E-state index in [-0.39, 0.29) is 0 Å². The summed E-state index contributed by atoms with van der Waals surface area (Å²) in [6, 6.07) is 5.91. The molecule has 1 aromatic carbocycles. The summed E-state index contributed by atoms with van der Waals surface area (Å²) in [6.45, 7) is 4.15. The third-order valence-corrected chi connectivity index (χ3v) is 4.11. The third-order valence-electron chi connectivity index (χ3n) is 4.11. The van der Waals surface area contributed by atoms with E-state index < -0.39 is 0 Å². The fourth-order valence-corrected chi connectivity index (χ4v) is 2.87. The molecule has 1 aliphatic carbocycles. The number of nitrogens with two attached hydrogens (primary N) is 1. The number of aromatic nitrogens is 2. The number of ether oxygens (including phenoxy) is 2. The Bertz CT molecular complexity index is 689. The Morgan fingerprint density at radius 3 is 2.71 bits per heavy atom. The first-order valence-electron chi connectivity index (χ1n) is 7.54. The minimum absolute atomic E-state index is 0.582. The molecular weight excluding hydrogens is 266 g/mol. The van der Waals surface area contributed by atoms with Crippen LogP contribution in [0.2, 0.25) is 0 Å². The van der Waals surface area contributed by atoms with Crippen molar-refractivity contribution in [1.29, 1.82) is 0 Å². The Hall–Kier alpha value is -2.17. The summed E-state index contributed by atoms with van der Waals surface area (Å²) in [6.07, 6.45) is 2.44. The maximum absolute atomic E-state index is 6.32. The van der Waals surface area contributed by atoms with Crippen LogP contribution in [-0.2, 0) is 6.54 Å². The summed E-state index contributed by atoms with van der Waals surface area (Å²) in [5.41, 5.74) is 8.17. The van der Waals surface area contributed by atoms with Gasteiger partial charge >= 0.3 is 0 Å². The van der Waals surface area contributed by atoms with Crippen molar-refractivity contribution in [3.05, 3.63) is 24.0 Å². The SMILES string of the molecule is CCn1c(C2CC2)nc(-c2ccc3c(c2)OCCO3)c1N. The molecule has 0 spiro atoms. The molecule has 1 aromatic heterocycles. The largest absolute Gasteiger partial charge is 0.486 e. The van der Waals surface area contributed by atoms with E-state index in [4.69, 9.17) is 20.2 Å². The number of imidazole rings is 1. The molecule has 2 N–H and O–H groups in total. The van der Waals surface area contributed by atoms with E-state index in [1.807, 2.05) is 18.2 Å². The topological polar surface area (TPSA) is 62.3 Å². The van der Waals surface area contributed by atoms with Crippen LogP contribution < -0.4 is 15.2 Å². The average Bonchev–Trinajstić information content (AvgIpc) is 3.30. The van der Waals surface area contributed by atoms with E-state index in [1.165, 1.54) is 12.8 Å². The molecule has 0 unspecified atom stereocenters. The van der Waals surface area contributed by atoms with Crippen molar-refractivity contribution >= 4 is 5.82 Å². The standard InChI is InChI=1S/C16H19N3O2/c1-2-19-15(17)14(18-16(19)10-3-4-10)11-5-6-12-13(9-11)21-8-7-20-12/h5-6,9-10H,2-4,7-8,17H2,1H3. The van der Waals surface area contributed by atoms with Gasteiger partial charge < -0.3 is 19.8 Å². The van der Waals surface area contributed by atoms with Crippen LogP contribution in [0.25, 0.3) is 11.3 Å². The lowest BCUT2D eigenvalue weighted by atomic mass is 10.1.